The van der Waals surface area contributed by atoms with Gasteiger partial charge in [0.15, 0.2) is 0 Å². The lowest BCUT2D eigenvalue weighted by molar-refractivity contribution is -0.116. The predicted molar refractivity (Wildman–Crippen MR) is 67.4 cm³/mol. The van der Waals surface area contributed by atoms with Gasteiger partial charge in [0.05, 0.1) is 18.2 Å². The second kappa shape index (κ2) is 6.91. The van der Waals surface area contributed by atoms with E-state index in [4.69, 9.17) is 5.26 Å². The van der Waals surface area contributed by atoms with Crippen molar-refractivity contribution in [3.05, 3.63) is 30.3 Å². The molecule has 0 aliphatic heterocycles. The molecular formula is C12H14N2OS. The summed E-state index contributed by atoms with van der Waals surface area (Å²) in [4.78, 5) is 13.5. The van der Waals surface area contributed by atoms with Gasteiger partial charge in [-0.25, -0.2) is 0 Å². The van der Waals surface area contributed by atoms with E-state index >= 15 is 0 Å². The molecule has 84 valence electrons. The summed E-state index contributed by atoms with van der Waals surface area (Å²) in [6.45, 7) is 0.458. The Kier molecular flexibility index (Phi) is 5.44. The average Bonchev–Trinajstić information content (AvgIpc) is 2.31. The number of carbonyl (C=O) groups excluding carboxylic acids is 1. The Bertz CT molecular complexity index is 372. The number of para-hydroxylation sites is 1. The number of benzene rings is 1. The normalized spacial score (nSPS) is 9.50. The fourth-order valence-electron chi connectivity index (χ4n) is 1.37. The minimum absolute atomic E-state index is 0.0500. The van der Waals surface area contributed by atoms with Gasteiger partial charge in [-0.1, -0.05) is 18.2 Å². The van der Waals surface area contributed by atoms with Gasteiger partial charge in [-0.3, -0.25) is 4.79 Å². The van der Waals surface area contributed by atoms with Crippen molar-refractivity contribution in [2.75, 3.05) is 23.5 Å². The third-order valence-electron chi connectivity index (χ3n) is 2.08. The van der Waals surface area contributed by atoms with Crippen LogP contribution in [0.25, 0.3) is 0 Å². The summed E-state index contributed by atoms with van der Waals surface area (Å²) in [7, 11) is 0. The maximum atomic E-state index is 11.8. The van der Waals surface area contributed by atoms with Gasteiger partial charge in [0, 0.05) is 12.2 Å². The molecule has 0 atom stereocenters. The number of rotatable bonds is 5. The van der Waals surface area contributed by atoms with E-state index in [1.165, 1.54) is 11.8 Å². The van der Waals surface area contributed by atoms with Crippen LogP contribution < -0.4 is 4.90 Å². The largest absolute Gasteiger partial charge is 0.311 e. The highest BCUT2D eigenvalue weighted by molar-refractivity contribution is 7.99. The van der Waals surface area contributed by atoms with E-state index < -0.39 is 0 Å². The van der Waals surface area contributed by atoms with Crippen molar-refractivity contribution in [1.29, 1.82) is 5.26 Å². The highest BCUT2D eigenvalue weighted by Gasteiger charge is 2.13. The number of hydrogen-bond donors (Lipinski definition) is 0. The molecule has 0 heterocycles. The lowest BCUT2D eigenvalue weighted by Crippen LogP contribution is -2.33. The number of thioether (sulfide) groups is 1. The lowest BCUT2D eigenvalue weighted by Gasteiger charge is -2.21. The van der Waals surface area contributed by atoms with E-state index in [0.717, 1.165) is 5.69 Å². The van der Waals surface area contributed by atoms with Crippen LogP contribution in [-0.4, -0.2) is 24.5 Å². The van der Waals surface area contributed by atoms with Crippen LogP contribution in [0.1, 0.15) is 6.42 Å². The second-order valence-corrected chi connectivity index (χ2v) is 4.09. The minimum Gasteiger partial charge on any atom is -0.311 e. The number of nitriles is 1. The Morgan fingerprint density at radius 2 is 2.12 bits per heavy atom. The second-order valence-electron chi connectivity index (χ2n) is 3.22. The molecule has 0 aliphatic rings. The molecule has 0 saturated carbocycles. The first-order valence-corrected chi connectivity index (χ1v) is 6.40. The first kappa shape index (κ1) is 12.6. The van der Waals surface area contributed by atoms with Crippen LogP contribution in [0, 0.1) is 11.3 Å². The van der Waals surface area contributed by atoms with Crippen LogP contribution in [-0.2, 0) is 4.79 Å². The van der Waals surface area contributed by atoms with Crippen LogP contribution in [0.5, 0.6) is 0 Å². The van der Waals surface area contributed by atoms with Crippen LogP contribution in [0.4, 0.5) is 5.69 Å². The quantitative estimate of drug-likeness (QED) is 0.785. The van der Waals surface area contributed by atoms with Gasteiger partial charge in [-0.2, -0.15) is 17.0 Å². The Balaban J connectivity index is 2.79. The fourth-order valence-corrected chi connectivity index (χ4v) is 1.77. The average molecular weight is 234 g/mol. The molecule has 1 aromatic rings. The van der Waals surface area contributed by atoms with E-state index in [0.29, 0.717) is 18.7 Å². The van der Waals surface area contributed by atoms with Crippen molar-refractivity contribution in [2.24, 2.45) is 0 Å². The minimum atomic E-state index is 0.0500. The molecule has 3 nitrogen and oxygen atoms in total. The van der Waals surface area contributed by atoms with Crippen molar-refractivity contribution < 1.29 is 4.79 Å². The first-order valence-electron chi connectivity index (χ1n) is 5.01. The Labute approximate surface area is 100 Å². The summed E-state index contributed by atoms with van der Waals surface area (Å²) in [5.41, 5.74) is 0.858. The molecule has 0 unspecified atom stereocenters. The van der Waals surface area contributed by atoms with Crippen molar-refractivity contribution in [3.8, 4) is 6.07 Å². The van der Waals surface area contributed by atoms with Gasteiger partial charge >= 0.3 is 0 Å². The molecular weight excluding hydrogens is 220 g/mol. The zero-order chi connectivity index (χ0) is 11.8. The molecule has 0 saturated heterocycles. The number of hydrogen-bond acceptors (Lipinski definition) is 3. The number of nitrogens with zero attached hydrogens (tertiary/aromatic N) is 2. The predicted octanol–water partition coefficient (Wildman–Crippen LogP) is 2.30. The van der Waals surface area contributed by atoms with E-state index in [9.17, 15) is 4.79 Å². The SMILES string of the molecule is CSCC(=O)N(CCC#N)c1ccccc1. The van der Waals surface area contributed by atoms with Crippen molar-refractivity contribution >= 4 is 23.4 Å². The summed E-state index contributed by atoms with van der Waals surface area (Å²) in [6.07, 6.45) is 2.25. The molecule has 0 N–H and O–H groups in total. The van der Waals surface area contributed by atoms with E-state index in [1.807, 2.05) is 36.6 Å². The molecule has 16 heavy (non-hydrogen) atoms. The number of carbonyl (C=O) groups is 1. The first-order chi connectivity index (χ1) is 7.79. The number of amides is 1. The standard InChI is InChI=1S/C12H14N2OS/c1-16-10-12(15)14(9-5-8-13)11-6-3-2-4-7-11/h2-4,6-7H,5,9-10H2,1H3. The zero-order valence-electron chi connectivity index (χ0n) is 9.22. The molecule has 1 aromatic carbocycles. The van der Waals surface area contributed by atoms with Gasteiger partial charge in [0.25, 0.3) is 0 Å². The highest BCUT2D eigenvalue weighted by atomic mass is 32.2. The Morgan fingerprint density at radius 3 is 2.69 bits per heavy atom. The van der Waals surface area contributed by atoms with Gasteiger partial charge < -0.3 is 4.90 Å². The third-order valence-corrected chi connectivity index (χ3v) is 2.62. The zero-order valence-corrected chi connectivity index (χ0v) is 10.0. The Hall–Kier alpha value is -1.47. The van der Waals surface area contributed by atoms with Gasteiger partial charge in [0.2, 0.25) is 5.91 Å². The molecule has 0 fully saturated rings. The summed E-state index contributed by atoms with van der Waals surface area (Å²) < 4.78 is 0. The third kappa shape index (κ3) is 3.59. The monoisotopic (exact) mass is 234 g/mol. The summed E-state index contributed by atoms with van der Waals surface area (Å²) in [6, 6.07) is 11.5. The van der Waals surface area contributed by atoms with Gasteiger partial charge in [-0.05, 0) is 18.4 Å². The topological polar surface area (TPSA) is 44.1 Å². The van der Waals surface area contributed by atoms with Crippen molar-refractivity contribution in [2.45, 2.75) is 6.42 Å². The van der Waals surface area contributed by atoms with E-state index in [1.54, 1.807) is 4.90 Å². The van der Waals surface area contributed by atoms with E-state index in [-0.39, 0.29) is 5.91 Å². The van der Waals surface area contributed by atoms with Gasteiger partial charge in [0.1, 0.15) is 0 Å². The smallest absolute Gasteiger partial charge is 0.236 e. The van der Waals surface area contributed by atoms with Crippen LogP contribution in [0.2, 0.25) is 0 Å². The van der Waals surface area contributed by atoms with Crippen LogP contribution in [0.15, 0.2) is 30.3 Å². The number of anilines is 1. The molecule has 0 radical (unpaired) electrons. The lowest BCUT2D eigenvalue weighted by atomic mass is 10.2. The van der Waals surface area contributed by atoms with Crippen LogP contribution in [0.3, 0.4) is 0 Å². The summed E-state index contributed by atoms with van der Waals surface area (Å²) in [5, 5.41) is 8.58. The molecule has 0 aliphatic carbocycles. The molecule has 1 rings (SSSR count). The highest BCUT2D eigenvalue weighted by Crippen LogP contribution is 2.14. The molecule has 0 bridgehead atoms. The molecule has 0 spiro atoms. The summed E-state index contributed by atoms with van der Waals surface area (Å²) >= 11 is 1.49. The maximum absolute atomic E-state index is 11.8. The summed E-state index contributed by atoms with van der Waals surface area (Å²) in [5.74, 6) is 0.495. The van der Waals surface area contributed by atoms with Gasteiger partial charge in [-0.15, -0.1) is 0 Å². The van der Waals surface area contributed by atoms with Crippen molar-refractivity contribution in [1.82, 2.24) is 0 Å². The molecule has 4 heteroatoms. The Morgan fingerprint density at radius 1 is 1.44 bits per heavy atom. The van der Waals surface area contributed by atoms with Crippen molar-refractivity contribution in [3.63, 3.8) is 0 Å². The maximum Gasteiger partial charge on any atom is 0.236 e. The van der Waals surface area contributed by atoms with Crippen LogP contribution >= 0.6 is 11.8 Å². The fraction of sp³-hybridized carbons (Fsp3) is 0.333. The molecule has 0 aromatic heterocycles. The van der Waals surface area contributed by atoms with E-state index in [2.05, 4.69) is 6.07 Å². The molecule has 1 amide bonds.